The Morgan fingerprint density at radius 1 is 1.05 bits per heavy atom. The van der Waals surface area contributed by atoms with Crippen LogP contribution in [0.3, 0.4) is 0 Å². The first-order chi connectivity index (χ1) is 10.2. The second-order valence-electron chi connectivity index (χ2n) is 6.16. The van der Waals surface area contributed by atoms with Gasteiger partial charge >= 0.3 is 0 Å². The molecular formula is C17H23BrN2O. The minimum Gasteiger partial charge on any atom is -0.340 e. The minimum absolute atomic E-state index is 0.267. The van der Waals surface area contributed by atoms with Gasteiger partial charge in [-0.1, -0.05) is 40.9 Å². The van der Waals surface area contributed by atoms with Crippen molar-refractivity contribution >= 4 is 21.8 Å². The largest absolute Gasteiger partial charge is 0.340 e. The number of piperazine rings is 1. The van der Waals surface area contributed by atoms with Crippen LogP contribution in [0.1, 0.15) is 31.2 Å². The van der Waals surface area contributed by atoms with Gasteiger partial charge < -0.3 is 4.90 Å². The van der Waals surface area contributed by atoms with Crippen molar-refractivity contribution in [1.82, 2.24) is 9.80 Å². The molecule has 3 rings (SSSR count). The van der Waals surface area contributed by atoms with Crippen molar-refractivity contribution in [2.24, 2.45) is 0 Å². The molecule has 1 aliphatic heterocycles. The number of halogens is 1. The minimum atomic E-state index is 0.267. The molecule has 2 fully saturated rings. The van der Waals surface area contributed by atoms with Gasteiger partial charge in [-0.15, -0.1) is 0 Å². The number of carbonyl (C=O) groups excluding carboxylic acids is 1. The fourth-order valence-corrected chi connectivity index (χ4v) is 3.76. The fraction of sp³-hybridized carbons (Fsp3) is 0.588. The molecule has 0 unspecified atom stereocenters. The number of benzene rings is 1. The molecule has 1 amide bonds. The van der Waals surface area contributed by atoms with Gasteiger partial charge in [-0.25, -0.2) is 0 Å². The molecule has 1 heterocycles. The Balaban J connectivity index is 1.49. The summed E-state index contributed by atoms with van der Waals surface area (Å²) in [5, 5.41) is 0. The van der Waals surface area contributed by atoms with Gasteiger partial charge in [0.15, 0.2) is 0 Å². The number of rotatable bonds is 3. The zero-order chi connectivity index (χ0) is 14.7. The molecule has 4 heteroatoms. The van der Waals surface area contributed by atoms with E-state index >= 15 is 0 Å². The second-order valence-corrected chi connectivity index (χ2v) is 7.07. The SMILES string of the molecule is O=C(Cc1ccc(Br)cc1)N1CCN(C2CCCC2)CC1. The van der Waals surface area contributed by atoms with E-state index in [-0.39, 0.29) is 5.91 Å². The third kappa shape index (κ3) is 3.86. The molecular weight excluding hydrogens is 328 g/mol. The average molecular weight is 351 g/mol. The van der Waals surface area contributed by atoms with Gasteiger partial charge in [-0.05, 0) is 30.5 Å². The summed E-state index contributed by atoms with van der Waals surface area (Å²) < 4.78 is 1.06. The van der Waals surface area contributed by atoms with Crippen LogP contribution in [0.5, 0.6) is 0 Å². The molecule has 0 radical (unpaired) electrons. The molecule has 0 spiro atoms. The van der Waals surface area contributed by atoms with Crippen LogP contribution in [0.2, 0.25) is 0 Å². The number of carbonyl (C=O) groups is 1. The summed E-state index contributed by atoms with van der Waals surface area (Å²) in [5.74, 6) is 0.267. The van der Waals surface area contributed by atoms with Crippen LogP contribution in [0.25, 0.3) is 0 Å². The molecule has 21 heavy (non-hydrogen) atoms. The molecule has 0 N–H and O–H groups in total. The third-order valence-electron chi connectivity index (χ3n) is 4.78. The fourth-order valence-electron chi connectivity index (χ4n) is 3.49. The first-order valence-electron chi connectivity index (χ1n) is 7.98. The predicted molar refractivity (Wildman–Crippen MR) is 88.3 cm³/mol. The van der Waals surface area contributed by atoms with E-state index in [1.54, 1.807) is 0 Å². The maximum atomic E-state index is 12.4. The quantitative estimate of drug-likeness (QED) is 0.836. The lowest BCUT2D eigenvalue weighted by molar-refractivity contribution is -0.132. The predicted octanol–water partition coefficient (Wildman–Crippen LogP) is 3.08. The maximum Gasteiger partial charge on any atom is 0.227 e. The lowest BCUT2D eigenvalue weighted by atomic mass is 10.1. The van der Waals surface area contributed by atoms with Gasteiger partial charge in [-0.3, -0.25) is 9.69 Å². The van der Waals surface area contributed by atoms with E-state index in [0.29, 0.717) is 6.42 Å². The van der Waals surface area contributed by atoms with E-state index in [0.717, 1.165) is 42.3 Å². The number of nitrogens with zero attached hydrogens (tertiary/aromatic N) is 2. The van der Waals surface area contributed by atoms with Gasteiger partial charge in [0.05, 0.1) is 6.42 Å². The van der Waals surface area contributed by atoms with Crippen LogP contribution < -0.4 is 0 Å². The Labute approximate surface area is 135 Å². The zero-order valence-electron chi connectivity index (χ0n) is 12.4. The van der Waals surface area contributed by atoms with Crippen molar-refractivity contribution in [1.29, 1.82) is 0 Å². The van der Waals surface area contributed by atoms with E-state index in [2.05, 4.69) is 20.8 Å². The summed E-state index contributed by atoms with van der Waals surface area (Å²) in [5.41, 5.74) is 1.10. The highest BCUT2D eigenvalue weighted by Gasteiger charge is 2.27. The Morgan fingerprint density at radius 2 is 1.67 bits per heavy atom. The first-order valence-corrected chi connectivity index (χ1v) is 8.78. The van der Waals surface area contributed by atoms with Gasteiger partial charge in [0.1, 0.15) is 0 Å². The van der Waals surface area contributed by atoms with Crippen LogP contribution in [0.15, 0.2) is 28.7 Å². The Kier molecular flexibility index (Phi) is 4.96. The number of hydrogen-bond acceptors (Lipinski definition) is 2. The normalized spacial score (nSPS) is 20.9. The van der Waals surface area contributed by atoms with Crippen molar-refractivity contribution in [3.8, 4) is 0 Å². The summed E-state index contributed by atoms with van der Waals surface area (Å²) in [6.07, 6.45) is 6.00. The van der Waals surface area contributed by atoms with E-state index in [9.17, 15) is 4.79 Å². The summed E-state index contributed by atoms with van der Waals surface area (Å²) in [6.45, 7) is 3.89. The molecule has 2 aliphatic rings. The Hall–Kier alpha value is -0.870. The van der Waals surface area contributed by atoms with E-state index in [4.69, 9.17) is 0 Å². The van der Waals surface area contributed by atoms with Gasteiger partial charge in [0, 0.05) is 36.7 Å². The molecule has 0 atom stereocenters. The van der Waals surface area contributed by atoms with E-state index in [1.165, 1.54) is 25.7 Å². The van der Waals surface area contributed by atoms with Crippen molar-refractivity contribution in [2.75, 3.05) is 26.2 Å². The smallest absolute Gasteiger partial charge is 0.227 e. The molecule has 1 aromatic carbocycles. The summed E-state index contributed by atoms with van der Waals surface area (Å²) in [6, 6.07) is 8.84. The van der Waals surface area contributed by atoms with Crippen molar-refractivity contribution in [3.05, 3.63) is 34.3 Å². The van der Waals surface area contributed by atoms with E-state index in [1.807, 2.05) is 29.2 Å². The lowest BCUT2D eigenvalue weighted by Crippen LogP contribution is -2.51. The summed E-state index contributed by atoms with van der Waals surface area (Å²) >= 11 is 3.43. The number of amides is 1. The molecule has 1 aliphatic carbocycles. The average Bonchev–Trinajstić information content (AvgIpc) is 3.04. The van der Waals surface area contributed by atoms with Crippen LogP contribution in [0, 0.1) is 0 Å². The molecule has 0 aromatic heterocycles. The van der Waals surface area contributed by atoms with Crippen molar-refractivity contribution in [3.63, 3.8) is 0 Å². The Bertz CT molecular complexity index is 474. The molecule has 1 aromatic rings. The van der Waals surface area contributed by atoms with Gasteiger partial charge in [0.2, 0.25) is 5.91 Å². The van der Waals surface area contributed by atoms with Gasteiger partial charge in [0.25, 0.3) is 0 Å². The van der Waals surface area contributed by atoms with Crippen LogP contribution in [0.4, 0.5) is 0 Å². The Morgan fingerprint density at radius 3 is 2.29 bits per heavy atom. The standard InChI is InChI=1S/C17H23BrN2O/c18-15-7-5-14(6-8-15)13-17(21)20-11-9-19(10-12-20)16-3-1-2-4-16/h5-8,16H,1-4,9-13H2. The molecule has 0 bridgehead atoms. The highest BCUT2D eigenvalue weighted by Crippen LogP contribution is 2.24. The zero-order valence-corrected chi connectivity index (χ0v) is 14.0. The van der Waals surface area contributed by atoms with Crippen molar-refractivity contribution in [2.45, 2.75) is 38.1 Å². The monoisotopic (exact) mass is 350 g/mol. The lowest BCUT2D eigenvalue weighted by Gasteiger charge is -2.38. The van der Waals surface area contributed by atoms with Crippen LogP contribution >= 0.6 is 15.9 Å². The second kappa shape index (κ2) is 6.93. The van der Waals surface area contributed by atoms with Crippen LogP contribution in [-0.2, 0) is 11.2 Å². The highest BCUT2D eigenvalue weighted by atomic mass is 79.9. The van der Waals surface area contributed by atoms with Crippen LogP contribution in [-0.4, -0.2) is 47.9 Å². The summed E-state index contributed by atoms with van der Waals surface area (Å²) in [7, 11) is 0. The molecule has 114 valence electrons. The molecule has 3 nitrogen and oxygen atoms in total. The van der Waals surface area contributed by atoms with Crippen molar-refractivity contribution < 1.29 is 4.79 Å². The first kappa shape index (κ1) is 15.0. The van der Waals surface area contributed by atoms with Gasteiger partial charge in [-0.2, -0.15) is 0 Å². The molecule has 1 saturated heterocycles. The number of hydrogen-bond donors (Lipinski definition) is 0. The maximum absolute atomic E-state index is 12.4. The molecule has 1 saturated carbocycles. The summed E-state index contributed by atoms with van der Waals surface area (Å²) in [4.78, 5) is 17.0. The highest BCUT2D eigenvalue weighted by molar-refractivity contribution is 9.10. The third-order valence-corrected chi connectivity index (χ3v) is 5.31. The topological polar surface area (TPSA) is 23.6 Å². The van der Waals surface area contributed by atoms with E-state index < -0.39 is 0 Å².